The molecule has 1 aromatic rings. The van der Waals surface area contributed by atoms with Gasteiger partial charge in [0.25, 0.3) is 0 Å². The van der Waals surface area contributed by atoms with E-state index < -0.39 is 17.9 Å². The van der Waals surface area contributed by atoms with E-state index in [1.54, 1.807) is 18.5 Å². The molecule has 0 saturated heterocycles. The Kier molecular flexibility index (Phi) is 4.16. The summed E-state index contributed by atoms with van der Waals surface area (Å²) in [7, 11) is 1.77. The van der Waals surface area contributed by atoms with Gasteiger partial charge in [-0.1, -0.05) is 0 Å². The second-order valence-electron chi connectivity index (χ2n) is 3.81. The highest BCUT2D eigenvalue weighted by Crippen LogP contribution is 2.07. The molecule has 0 saturated carbocycles. The molecule has 0 aliphatic carbocycles. The molecule has 0 aliphatic heterocycles. The Labute approximate surface area is 98.4 Å². The first kappa shape index (κ1) is 13.1. The Balaban J connectivity index is 2.57. The lowest BCUT2D eigenvalue weighted by Crippen LogP contribution is -2.44. The van der Waals surface area contributed by atoms with Gasteiger partial charge in [-0.15, -0.1) is 10.2 Å². The first-order valence-corrected chi connectivity index (χ1v) is 5.10. The van der Waals surface area contributed by atoms with Gasteiger partial charge in [-0.3, -0.25) is 9.59 Å². The lowest BCUT2D eigenvalue weighted by atomic mass is 10.2. The van der Waals surface area contributed by atoms with E-state index in [4.69, 9.17) is 11.5 Å². The van der Waals surface area contributed by atoms with Crippen molar-refractivity contribution in [1.29, 1.82) is 0 Å². The van der Waals surface area contributed by atoms with Crippen molar-refractivity contribution in [2.45, 2.75) is 25.4 Å². The fraction of sp³-hybridized carbons (Fsp3) is 0.556. The number of carbonyl (C=O) groups excluding carboxylic acids is 2. The van der Waals surface area contributed by atoms with Gasteiger partial charge in [0.2, 0.25) is 11.8 Å². The number of aromatic nitrogens is 3. The summed E-state index contributed by atoms with van der Waals surface area (Å²) < 4.78 is 1.69. The zero-order chi connectivity index (χ0) is 13.0. The maximum absolute atomic E-state index is 11.6. The fourth-order valence-corrected chi connectivity index (χ4v) is 1.38. The molecule has 8 nitrogen and oxygen atoms in total. The van der Waals surface area contributed by atoms with Crippen LogP contribution in [0.15, 0.2) is 6.33 Å². The second-order valence-corrected chi connectivity index (χ2v) is 3.81. The molecule has 5 N–H and O–H groups in total. The van der Waals surface area contributed by atoms with Gasteiger partial charge < -0.3 is 21.4 Å². The predicted octanol–water partition coefficient (Wildman–Crippen LogP) is -1.80. The molecule has 2 atom stereocenters. The summed E-state index contributed by atoms with van der Waals surface area (Å²) in [6.07, 6.45) is 1.35. The molecule has 2 amide bonds. The molecule has 2 unspecified atom stereocenters. The maximum Gasteiger partial charge on any atom is 0.238 e. The molecule has 0 spiro atoms. The smallest absolute Gasteiger partial charge is 0.238 e. The van der Waals surface area contributed by atoms with Crippen LogP contribution in [-0.4, -0.2) is 32.6 Å². The van der Waals surface area contributed by atoms with Crippen LogP contribution in [0, 0.1) is 0 Å². The van der Waals surface area contributed by atoms with Crippen LogP contribution in [-0.2, 0) is 16.6 Å². The summed E-state index contributed by atoms with van der Waals surface area (Å²) in [5.74, 6) is -0.456. The Morgan fingerprint density at radius 2 is 2.24 bits per heavy atom. The number of hydrogen-bond donors (Lipinski definition) is 3. The number of hydrogen-bond acceptors (Lipinski definition) is 5. The van der Waals surface area contributed by atoms with E-state index in [1.807, 2.05) is 0 Å². The lowest BCUT2D eigenvalue weighted by Gasteiger charge is -2.15. The Bertz CT molecular complexity index is 415. The number of carbonyl (C=O) groups is 2. The highest BCUT2D eigenvalue weighted by molar-refractivity contribution is 5.87. The zero-order valence-electron chi connectivity index (χ0n) is 9.75. The standard InChI is InChI=1S/C9H16N6O2/c1-5(8-14-12-4-15(8)2)13-9(17)6(10)3-7(11)16/h4-6H,3,10H2,1-2H3,(H2,11,16)(H,13,17). The molecule has 1 heterocycles. The average Bonchev–Trinajstić information content (AvgIpc) is 2.63. The summed E-state index contributed by atoms with van der Waals surface area (Å²) in [6.45, 7) is 1.75. The lowest BCUT2D eigenvalue weighted by molar-refractivity contribution is -0.126. The molecule has 0 fully saturated rings. The van der Waals surface area contributed by atoms with E-state index >= 15 is 0 Å². The largest absolute Gasteiger partial charge is 0.370 e. The molecule has 17 heavy (non-hydrogen) atoms. The SMILES string of the molecule is CC(NC(=O)C(N)CC(N)=O)c1nncn1C. The van der Waals surface area contributed by atoms with Crippen molar-refractivity contribution >= 4 is 11.8 Å². The Hall–Kier alpha value is -1.96. The van der Waals surface area contributed by atoms with Crippen LogP contribution in [0.1, 0.15) is 25.2 Å². The predicted molar refractivity (Wildman–Crippen MR) is 59.3 cm³/mol. The Morgan fingerprint density at radius 3 is 2.71 bits per heavy atom. The minimum Gasteiger partial charge on any atom is -0.370 e. The molecule has 0 bridgehead atoms. The summed E-state index contributed by atoms with van der Waals surface area (Å²) >= 11 is 0. The molecule has 0 aromatic carbocycles. The van der Waals surface area contributed by atoms with Crippen LogP contribution >= 0.6 is 0 Å². The first-order valence-electron chi connectivity index (χ1n) is 5.10. The number of rotatable bonds is 5. The molecule has 8 heteroatoms. The average molecular weight is 240 g/mol. The third-order valence-electron chi connectivity index (χ3n) is 2.25. The highest BCUT2D eigenvalue weighted by Gasteiger charge is 2.20. The number of aryl methyl sites for hydroxylation is 1. The third kappa shape index (κ3) is 3.52. The number of nitrogens with one attached hydrogen (secondary N) is 1. The topological polar surface area (TPSA) is 129 Å². The van der Waals surface area contributed by atoms with Crippen molar-refractivity contribution in [3.8, 4) is 0 Å². The number of primary amides is 1. The van der Waals surface area contributed by atoms with Crippen molar-refractivity contribution in [2.24, 2.45) is 18.5 Å². The first-order chi connectivity index (χ1) is 7.91. The van der Waals surface area contributed by atoms with Crippen LogP contribution in [0.25, 0.3) is 0 Å². The highest BCUT2D eigenvalue weighted by atomic mass is 16.2. The van der Waals surface area contributed by atoms with Gasteiger partial charge in [0, 0.05) is 7.05 Å². The third-order valence-corrected chi connectivity index (χ3v) is 2.25. The maximum atomic E-state index is 11.6. The zero-order valence-corrected chi connectivity index (χ0v) is 9.75. The monoisotopic (exact) mass is 240 g/mol. The number of nitrogens with two attached hydrogens (primary N) is 2. The summed E-state index contributed by atoms with van der Waals surface area (Å²) in [6, 6.07) is -1.28. The van der Waals surface area contributed by atoms with Crippen LogP contribution in [0.5, 0.6) is 0 Å². The van der Waals surface area contributed by atoms with Crippen LogP contribution < -0.4 is 16.8 Å². The van der Waals surface area contributed by atoms with E-state index in [1.165, 1.54) is 6.33 Å². The van der Waals surface area contributed by atoms with Gasteiger partial charge in [-0.2, -0.15) is 0 Å². The number of nitrogens with zero attached hydrogens (tertiary/aromatic N) is 3. The Morgan fingerprint density at radius 1 is 1.59 bits per heavy atom. The van der Waals surface area contributed by atoms with Gasteiger partial charge in [0.05, 0.1) is 18.5 Å². The molecule has 0 aliphatic rings. The molecule has 0 radical (unpaired) electrons. The van der Waals surface area contributed by atoms with Gasteiger partial charge in [-0.25, -0.2) is 0 Å². The van der Waals surface area contributed by atoms with Crippen molar-refractivity contribution in [3.05, 3.63) is 12.2 Å². The van der Waals surface area contributed by atoms with Crippen molar-refractivity contribution < 1.29 is 9.59 Å². The van der Waals surface area contributed by atoms with Crippen LogP contribution in [0.2, 0.25) is 0 Å². The summed E-state index contributed by atoms with van der Waals surface area (Å²) in [5.41, 5.74) is 10.5. The summed E-state index contributed by atoms with van der Waals surface area (Å²) in [4.78, 5) is 22.2. The van der Waals surface area contributed by atoms with E-state index in [-0.39, 0.29) is 12.5 Å². The minimum absolute atomic E-state index is 0.183. The second kappa shape index (κ2) is 5.39. The van der Waals surface area contributed by atoms with Gasteiger partial charge in [-0.05, 0) is 6.92 Å². The van der Waals surface area contributed by atoms with Crippen LogP contribution in [0.3, 0.4) is 0 Å². The van der Waals surface area contributed by atoms with Crippen molar-refractivity contribution in [1.82, 2.24) is 20.1 Å². The molecule has 1 rings (SSSR count). The minimum atomic E-state index is -0.942. The molecule has 94 valence electrons. The summed E-state index contributed by atoms with van der Waals surface area (Å²) in [5, 5.41) is 10.2. The molecular weight excluding hydrogens is 224 g/mol. The van der Waals surface area contributed by atoms with E-state index in [0.717, 1.165) is 0 Å². The molecular formula is C9H16N6O2. The van der Waals surface area contributed by atoms with Gasteiger partial charge >= 0.3 is 0 Å². The van der Waals surface area contributed by atoms with Crippen molar-refractivity contribution in [2.75, 3.05) is 0 Å². The van der Waals surface area contributed by atoms with E-state index in [0.29, 0.717) is 5.82 Å². The number of amides is 2. The normalized spacial score (nSPS) is 14.1. The van der Waals surface area contributed by atoms with Crippen LogP contribution in [0.4, 0.5) is 0 Å². The fourth-order valence-electron chi connectivity index (χ4n) is 1.38. The van der Waals surface area contributed by atoms with Gasteiger partial charge in [0.1, 0.15) is 6.33 Å². The van der Waals surface area contributed by atoms with E-state index in [9.17, 15) is 9.59 Å². The van der Waals surface area contributed by atoms with Gasteiger partial charge in [0.15, 0.2) is 5.82 Å². The quantitative estimate of drug-likeness (QED) is 0.559. The molecule has 1 aromatic heterocycles. The van der Waals surface area contributed by atoms with E-state index in [2.05, 4.69) is 15.5 Å². The van der Waals surface area contributed by atoms with Crippen molar-refractivity contribution in [3.63, 3.8) is 0 Å².